The Bertz CT molecular complexity index is 982. The van der Waals surface area contributed by atoms with Crippen molar-refractivity contribution in [3.05, 3.63) is 71.9 Å². The lowest BCUT2D eigenvalue weighted by atomic mass is 10.0. The van der Waals surface area contributed by atoms with Crippen LogP contribution in [0.3, 0.4) is 0 Å². The summed E-state index contributed by atoms with van der Waals surface area (Å²) in [5.41, 5.74) is 8.83. The SMILES string of the molecule is CC(C)C[C@H](N)C(=O)N[C@@H](Cc1c[nH]c2ccccc12)C(=O)OCc1ccccc1. The number of H-pyrrole nitrogens is 1. The fraction of sp³-hybridized carbons (Fsp3) is 0.333. The summed E-state index contributed by atoms with van der Waals surface area (Å²) in [6, 6.07) is 15.8. The molecule has 0 spiro atoms. The number of carbonyl (C=O) groups excluding carboxylic acids is 2. The Hall–Kier alpha value is -3.12. The van der Waals surface area contributed by atoms with Crippen molar-refractivity contribution in [2.45, 2.75) is 45.4 Å². The van der Waals surface area contributed by atoms with Gasteiger partial charge in [0, 0.05) is 23.5 Å². The maximum atomic E-state index is 12.9. The Morgan fingerprint density at radius 1 is 1.07 bits per heavy atom. The summed E-state index contributed by atoms with van der Waals surface area (Å²) in [5.74, 6) is -0.540. The molecule has 1 heterocycles. The first kappa shape index (κ1) is 21.6. The first-order valence-corrected chi connectivity index (χ1v) is 10.3. The highest BCUT2D eigenvalue weighted by atomic mass is 16.5. The van der Waals surface area contributed by atoms with Gasteiger partial charge in [-0.25, -0.2) is 4.79 Å². The number of hydrogen-bond acceptors (Lipinski definition) is 4. The topological polar surface area (TPSA) is 97.2 Å². The molecule has 30 heavy (non-hydrogen) atoms. The van der Waals surface area contributed by atoms with Crippen LogP contribution < -0.4 is 11.1 Å². The molecule has 0 radical (unpaired) electrons. The van der Waals surface area contributed by atoms with Gasteiger partial charge in [-0.1, -0.05) is 62.4 Å². The second-order valence-electron chi connectivity index (χ2n) is 7.95. The van der Waals surface area contributed by atoms with Crippen molar-refractivity contribution in [3.8, 4) is 0 Å². The summed E-state index contributed by atoms with van der Waals surface area (Å²) >= 11 is 0. The van der Waals surface area contributed by atoms with Crippen molar-refractivity contribution in [1.82, 2.24) is 10.3 Å². The van der Waals surface area contributed by atoms with E-state index in [1.165, 1.54) is 0 Å². The standard InChI is InChI=1S/C24H29N3O3/c1-16(2)12-20(25)23(28)27-22(24(29)30-15-17-8-4-3-5-9-17)13-18-14-26-21-11-7-6-10-19(18)21/h3-11,14,16,20,22,26H,12-13,15,25H2,1-2H3,(H,27,28)/t20-,22-/m0/s1. The molecule has 3 aromatic rings. The van der Waals surface area contributed by atoms with Gasteiger partial charge in [-0.3, -0.25) is 4.79 Å². The predicted molar refractivity (Wildman–Crippen MR) is 118 cm³/mol. The van der Waals surface area contributed by atoms with E-state index in [0.717, 1.165) is 22.0 Å². The summed E-state index contributed by atoms with van der Waals surface area (Å²) in [5, 5.41) is 3.82. The molecule has 158 valence electrons. The van der Waals surface area contributed by atoms with Crippen molar-refractivity contribution < 1.29 is 14.3 Å². The van der Waals surface area contributed by atoms with Gasteiger partial charge in [0.2, 0.25) is 5.91 Å². The number of fused-ring (bicyclic) bond motifs is 1. The lowest BCUT2D eigenvalue weighted by Crippen LogP contribution is -2.50. The third-order valence-corrected chi connectivity index (χ3v) is 4.99. The number of hydrogen-bond donors (Lipinski definition) is 3. The molecule has 4 N–H and O–H groups in total. The van der Waals surface area contributed by atoms with Crippen LogP contribution in [-0.2, 0) is 27.4 Å². The zero-order valence-electron chi connectivity index (χ0n) is 17.4. The number of amides is 1. The van der Waals surface area contributed by atoms with Crippen LogP contribution in [0.25, 0.3) is 10.9 Å². The van der Waals surface area contributed by atoms with Crippen molar-refractivity contribution in [2.24, 2.45) is 11.7 Å². The number of ether oxygens (including phenoxy) is 1. The number of nitrogens with two attached hydrogens (primary N) is 1. The molecular weight excluding hydrogens is 378 g/mol. The van der Waals surface area contributed by atoms with Crippen molar-refractivity contribution in [3.63, 3.8) is 0 Å². The average molecular weight is 408 g/mol. The van der Waals surface area contributed by atoms with Crippen LogP contribution in [0.15, 0.2) is 60.8 Å². The molecule has 3 rings (SSSR count). The number of aromatic amines is 1. The molecule has 2 aromatic carbocycles. The summed E-state index contributed by atoms with van der Waals surface area (Å²) < 4.78 is 5.51. The Labute approximate surface area is 176 Å². The Morgan fingerprint density at radius 2 is 1.77 bits per heavy atom. The lowest BCUT2D eigenvalue weighted by Gasteiger charge is -2.21. The van der Waals surface area contributed by atoms with Crippen LogP contribution in [0.5, 0.6) is 0 Å². The van der Waals surface area contributed by atoms with E-state index in [0.29, 0.717) is 12.8 Å². The molecule has 0 fully saturated rings. The van der Waals surface area contributed by atoms with Crippen LogP contribution >= 0.6 is 0 Å². The molecule has 6 heteroatoms. The minimum absolute atomic E-state index is 0.151. The smallest absolute Gasteiger partial charge is 0.329 e. The molecule has 0 aliphatic rings. The van der Waals surface area contributed by atoms with E-state index in [9.17, 15) is 9.59 Å². The van der Waals surface area contributed by atoms with Crippen LogP contribution in [0.1, 0.15) is 31.4 Å². The molecule has 0 bridgehead atoms. The zero-order valence-corrected chi connectivity index (χ0v) is 17.4. The van der Waals surface area contributed by atoms with E-state index < -0.39 is 18.1 Å². The normalized spacial score (nSPS) is 13.2. The van der Waals surface area contributed by atoms with Crippen molar-refractivity contribution in [1.29, 1.82) is 0 Å². The number of esters is 1. The summed E-state index contributed by atoms with van der Waals surface area (Å²) in [7, 11) is 0. The van der Waals surface area contributed by atoms with Gasteiger partial charge in [-0.05, 0) is 29.5 Å². The summed E-state index contributed by atoms with van der Waals surface area (Å²) in [4.78, 5) is 28.7. The Balaban J connectivity index is 1.75. The first-order valence-electron chi connectivity index (χ1n) is 10.3. The fourth-order valence-corrected chi connectivity index (χ4v) is 3.44. The lowest BCUT2D eigenvalue weighted by molar-refractivity contribution is -0.149. The highest BCUT2D eigenvalue weighted by Crippen LogP contribution is 2.20. The molecule has 1 amide bonds. The molecule has 0 unspecified atom stereocenters. The highest BCUT2D eigenvalue weighted by Gasteiger charge is 2.26. The minimum Gasteiger partial charge on any atom is -0.459 e. The average Bonchev–Trinajstić information content (AvgIpc) is 3.14. The molecule has 0 saturated carbocycles. The molecule has 1 aromatic heterocycles. The second kappa shape index (κ2) is 10.1. The van der Waals surface area contributed by atoms with Gasteiger partial charge < -0.3 is 20.8 Å². The van der Waals surface area contributed by atoms with Gasteiger partial charge in [0.25, 0.3) is 0 Å². The molecule has 2 atom stereocenters. The summed E-state index contributed by atoms with van der Waals surface area (Å²) in [6.07, 6.45) is 2.73. The van der Waals surface area contributed by atoms with Gasteiger partial charge >= 0.3 is 5.97 Å². The maximum Gasteiger partial charge on any atom is 0.329 e. The third-order valence-electron chi connectivity index (χ3n) is 4.99. The largest absolute Gasteiger partial charge is 0.459 e. The maximum absolute atomic E-state index is 12.9. The molecule has 0 saturated heterocycles. The second-order valence-corrected chi connectivity index (χ2v) is 7.95. The zero-order chi connectivity index (χ0) is 21.5. The van der Waals surface area contributed by atoms with E-state index in [-0.39, 0.29) is 18.4 Å². The van der Waals surface area contributed by atoms with Crippen LogP contribution in [-0.4, -0.2) is 28.9 Å². The van der Waals surface area contributed by atoms with Gasteiger partial charge in [0.1, 0.15) is 12.6 Å². The number of rotatable bonds is 9. The van der Waals surface area contributed by atoms with Crippen LogP contribution in [0.2, 0.25) is 0 Å². The number of nitrogens with one attached hydrogen (secondary N) is 2. The van der Waals surface area contributed by atoms with E-state index in [4.69, 9.17) is 10.5 Å². The number of benzene rings is 2. The molecule has 0 aliphatic carbocycles. The van der Waals surface area contributed by atoms with E-state index in [1.54, 1.807) is 0 Å². The molecule has 0 aliphatic heterocycles. The van der Waals surface area contributed by atoms with Gasteiger partial charge in [0.05, 0.1) is 6.04 Å². The van der Waals surface area contributed by atoms with Crippen molar-refractivity contribution >= 4 is 22.8 Å². The van der Waals surface area contributed by atoms with E-state index in [1.807, 2.05) is 74.6 Å². The molecular formula is C24H29N3O3. The Kier molecular flexibility index (Phi) is 7.25. The highest BCUT2D eigenvalue weighted by molar-refractivity contribution is 5.89. The van der Waals surface area contributed by atoms with Crippen LogP contribution in [0.4, 0.5) is 0 Å². The minimum atomic E-state index is -0.821. The number of carbonyl (C=O) groups is 2. The quantitative estimate of drug-likeness (QED) is 0.474. The van der Waals surface area contributed by atoms with Crippen molar-refractivity contribution in [2.75, 3.05) is 0 Å². The molecule has 6 nitrogen and oxygen atoms in total. The first-order chi connectivity index (χ1) is 14.4. The number of aromatic nitrogens is 1. The van der Waals surface area contributed by atoms with Crippen LogP contribution in [0, 0.1) is 5.92 Å². The number of para-hydroxylation sites is 1. The van der Waals surface area contributed by atoms with Gasteiger partial charge in [0.15, 0.2) is 0 Å². The monoisotopic (exact) mass is 407 g/mol. The van der Waals surface area contributed by atoms with Gasteiger partial charge in [-0.15, -0.1) is 0 Å². The predicted octanol–water partition coefficient (Wildman–Crippen LogP) is 3.31. The fourth-order valence-electron chi connectivity index (χ4n) is 3.44. The third kappa shape index (κ3) is 5.70. The summed E-state index contributed by atoms with van der Waals surface area (Å²) in [6.45, 7) is 4.16. The van der Waals surface area contributed by atoms with Gasteiger partial charge in [-0.2, -0.15) is 0 Å². The van der Waals surface area contributed by atoms with E-state index >= 15 is 0 Å². The van der Waals surface area contributed by atoms with E-state index in [2.05, 4.69) is 10.3 Å². The Morgan fingerprint density at radius 3 is 2.50 bits per heavy atom.